The van der Waals surface area contributed by atoms with Gasteiger partial charge in [-0.05, 0) is 37.3 Å². The first kappa shape index (κ1) is 23.1. The Labute approximate surface area is 172 Å². The van der Waals surface area contributed by atoms with E-state index in [1.54, 1.807) is 13.8 Å². The van der Waals surface area contributed by atoms with Gasteiger partial charge in [-0.15, -0.1) is 0 Å². The van der Waals surface area contributed by atoms with Crippen LogP contribution in [0.4, 0.5) is 0 Å². The zero-order valence-corrected chi connectivity index (χ0v) is 18.2. The molecule has 0 aromatic heterocycles. The number of rotatable bonds is 5. The lowest BCUT2D eigenvalue weighted by atomic mass is 9.61. The Bertz CT molecular complexity index is 757. The van der Waals surface area contributed by atoms with E-state index in [9.17, 15) is 19.5 Å². The summed E-state index contributed by atoms with van der Waals surface area (Å²) in [6.07, 6.45) is -0.309. The normalized spacial score (nSPS) is 27.4. The Morgan fingerprint density at radius 3 is 2.07 bits per heavy atom. The van der Waals surface area contributed by atoms with E-state index in [4.69, 9.17) is 9.47 Å². The summed E-state index contributed by atoms with van der Waals surface area (Å²) in [4.78, 5) is 38.3. The summed E-state index contributed by atoms with van der Waals surface area (Å²) in [5.41, 5.74) is 0.00523. The van der Waals surface area contributed by atoms with Gasteiger partial charge in [-0.25, -0.2) is 0 Å². The van der Waals surface area contributed by atoms with Crippen LogP contribution < -0.4 is 0 Å². The Kier molecular flexibility index (Phi) is 6.89. The number of hydrogen-bond acceptors (Lipinski definition) is 6. The van der Waals surface area contributed by atoms with Gasteiger partial charge >= 0.3 is 11.9 Å². The Morgan fingerprint density at radius 1 is 1.07 bits per heavy atom. The van der Waals surface area contributed by atoms with Crippen molar-refractivity contribution in [3.63, 3.8) is 0 Å². The van der Waals surface area contributed by atoms with Crippen molar-refractivity contribution in [2.75, 3.05) is 13.2 Å². The van der Waals surface area contributed by atoms with E-state index in [0.717, 1.165) is 5.56 Å². The van der Waals surface area contributed by atoms with Crippen molar-refractivity contribution < 1.29 is 29.0 Å². The molecule has 1 aromatic carbocycles. The average Bonchev–Trinajstić information content (AvgIpc) is 2.59. The first-order chi connectivity index (χ1) is 13.4. The van der Waals surface area contributed by atoms with E-state index < -0.39 is 41.1 Å². The van der Waals surface area contributed by atoms with Crippen LogP contribution in [0.1, 0.15) is 65.0 Å². The van der Waals surface area contributed by atoms with Crippen molar-refractivity contribution in [1.29, 1.82) is 0 Å². The summed E-state index contributed by atoms with van der Waals surface area (Å²) in [7, 11) is 0. The maximum atomic E-state index is 12.8. The highest BCUT2D eigenvalue weighted by atomic mass is 16.5. The second kappa shape index (κ2) is 8.66. The molecule has 1 aliphatic rings. The van der Waals surface area contributed by atoms with Crippen LogP contribution in [0.5, 0.6) is 0 Å². The molecule has 4 atom stereocenters. The molecule has 0 spiro atoms. The van der Waals surface area contributed by atoms with E-state index >= 15 is 0 Å². The summed E-state index contributed by atoms with van der Waals surface area (Å²) in [5, 5.41) is 11.0. The molecule has 6 heteroatoms. The monoisotopic (exact) mass is 404 g/mol. The van der Waals surface area contributed by atoms with Crippen molar-refractivity contribution in [2.24, 2.45) is 11.8 Å². The SMILES string of the molecule is CCOC(=O)[C@H]1C(=O)C[C@](C)(O)[C@@H](C(=O)OCC)[C@H]1c1ccc(C(C)(C)C)cc1. The Hall–Kier alpha value is -2.21. The minimum atomic E-state index is -1.63. The highest BCUT2D eigenvalue weighted by Crippen LogP contribution is 2.47. The molecule has 0 bridgehead atoms. The van der Waals surface area contributed by atoms with Gasteiger partial charge in [-0.3, -0.25) is 14.4 Å². The van der Waals surface area contributed by atoms with Crippen LogP contribution >= 0.6 is 0 Å². The van der Waals surface area contributed by atoms with Crippen LogP contribution in [0.3, 0.4) is 0 Å². The number of benzene rings is 1. The summed E-state index contributed by atoms with van der Waals surface area (Å²) in [6.45, 7) is 11.3. The molecule has 6 nitrogen and oxygen atoms in total. The van der Waals surface area contributed by atoms with Gasteiger partial charge < -0.3 is 14.6 Å². The fraction of sp³-hybridized carbons (Fsp3) is 0.609. The second-order valence-electron chi connectivity index (χ2n) is 8.86. The maximum absolute atomic E-state index is 12.8. The lowest BCUT2D eigenvalue weighted by Gasteiger charge is -2.43. The number of hydrogen-bond donors (Lipinski definition) is 1. The molecule has 1 aromatic rings. The molecule has 0 amide bonds. The van der Waals surface area contributed by atoms with Crippen LogP contribution in [0.25, 0.3) is 0 Å². The van der Waals surface area contributed by atoms with E-state index in [2.05, 4.69) is 20.8 Å². The van der Waals surface area contributed by atoms with Crippen molar-refractivity contribution in [1.82, 2.24) is 0 Å². The van der Waals surface area contributed by atoms with Gasteiger partial charge in [0.15, 0.2) is 5.78 Å². The molecule has 160 valence electrons. The molecule has 1 saturated carbocycles. The molecule has 0 heterocycles. The Morgan fingerprint density at radius 2 is 1.59 bits per heavy atom. The molecule has 2 rings (SSSR count). The minimum absolute atomic E-state index is 0.0759. The van der Waals surface area contributed by atoms with Crippen LogP contribution in [0.15, 0.2) is 24.3 Å². The smallest absolute Gasteiger partial charge is 0.317 e. The average molecular weight is 405 g/mol. The summed E-state index contributed by atoms with van der Waals surface area (Å²) in [5.74, 6) is -4.81. The first-order valence-corrected chi connectivity index (χ1v) is 10.1. The largest absolute Gasteiger partial charge is 0.466 e. The van der Waals surface area contributed by atoms with Gasteiger partial charge in [0.05, 0.1) is 24.7 Å². The molecule has 0 unspecified atom stereocenters. The molecule has 29 heavy (non-hydrogen) atoms. The number of carbonyl (C=O) groups is 3. The fourth-order valence-corrected chi connectivity index (χ4v) is 4.09. The van der Waals surface area contributed by atoms with Crippen LogP contribution in [-0.2, 0) is 29.3 Å². The third-order valence-corrected chi connectivity index (χ3v) is 5.51. The highest BCUT2D eigenvalue weighted by molar-refractivity contribution is 6.02. The maximum Gasteiger partial charge on any atom is 0.317 e. The Balaban J connectivity index is 2.61. The van der Waals surface area contributed by atoms with Gasteiger partial charge in [0, 0.05) is 12.3 Å². The van der Waals surface area contributed by atoms with Gasteiger partial charge in [0.25, 0.3) is 0 Å². The van der Waals surface area contributed by atoms with Crippen LogP contribution in [-0.4, -0.2) is 41.6 Å². The molecular formula is C23H32O6. The molecule has 1 N–H and O–H groups in total. The van der Waals surface area contributed by atoms with E-state index in [1.165, 1.54) is 6.92 Å². The number of esters is 2. The third-order valence-electron chi connectivity index (χ3n) is 5.51. The molecule has 0 saturated heterocycles. The lowest BCUT2D eigenvalue weighted by Crippen LogP contribution is -2.55. The second-order valence-corrected chi connectivity index (χ2v) is 8.86. The zero-order chi connectivity index (χ0) is 22.0. The topological polar surface area (TPSA) is 89.9 Å². The molecule has 0 aliphatic heterocycles. The first-order valence-electron chi connectivity index (χ1n) is 10.1. The van der Waals surface area contributed by atoms with E-state index in [1.807, 2.05) is 24.3 Å². The standard InChI is InChI=1S/C23H32O6/c1-7-28-20(25)18-16(24)13-23(6,27)19(21(26)29-8-2)17(18)14-9-11-15(12-10-14)22(3,4)5/h9-12,17-19,27H,7-8,13H2,1-6H3/t17-,18-,19+,23-/m0/s1. The predicted octanol–water partition coefficient (Wildman–Crippen LogP) is 3.15. The molecule has 0 radical (unpaired) electrons. The fourth-order valence-electron chi connectivity index (χ4n) is 4.09. The lowest BCUT2D eigenvalue weighted by molar-refractivity contribution is -0.172. The van der Waals surface area contributed by atoms with Crippen molar-refractivity contribution >= 4 is 17.7 Å². The number of carbonyl (C=O) groups excluding carboxylic acids is 3. The number of aliphatic hydroxyl groups is 1. The predicted molar refractivity (Wildman–Crippen MR) is 108 cm³/mol. The van der Waals surface area contributed by atoms with Gasteiger partial charge in [-0.1, -0.05) is 45.0 Å². The van der Waals surface area contributed by atoms with Crippen molar-refractivity contribution in [2.45, 2.75) is 64.9 Å². The van der Waals surface area contributed by atoms with Gasteiger partial charge in [0.2, 0.25) is 0 Å². The van der Waals surface area contributed by atoms with Crippen LogP contribution in [0.2, 0.25) is 0 Å². The summed E-state index contributed by atoms with van der Waals surface area (Å²) >= 11 is 0. The van der Waals surface area contributed by atoms with Crippen LogP contribution in [0, 0.1) is 11.8 Å². The van der Waals surface area contributed by atoms with E-state index in [0.29, 0.717) is 5.56 Å². The van der Waals surface area contributed by atoms with Crippen molar-refractivity contribution in [3.8, 4) is 0 Å². The summed E-state index contributed by atoms with van der Waals surface area (Å²) < 4.78 is 10.4. The summed E-state index contributed by atoms with van der Waals surface area (Å²) in [6, 6.07) is 7.48. The van der Waals surface area contributed by atoms with Gasteiger partial charge in [-0.2, -0.15) is 0 Å². The zero-order valence-electron chi connectivity index (χ0n) is 18.2. The molecule has 1 aliphatic carbocycles. The van der Waals surface area contributed by atoms with Crippen molar-refractivity contribution in [3.05, 3.63) is 35.4 Å². The molecular weight excluding hydrogens is 372 g/mol. The number of Topliss-reactive ketones (excluding diaryl/α,β-unsaturated/α-hetero) is 1. The quantitative estimate of drug-likeness (QED) is 0.599. The minimum Gasteiger partial charge on any atom is -0.466 e. The van der Waals surface area contributed by atoms with E-state index in [-0.39, 0.29) is 25.0 Å². The number of ether oxygens (including phenoxy) is 2. The number of ketones is 1. The third kappa shape index (κ3) is 4.86. The highest BCUT2D eigenvalue weighted by Gasteiger charge is 2.57. The van der Waals surface area contributed by atoms with Gasteiger partial charge in [0.1, 0.15) is 5.92 Å². The molecule has 1 fully saturated rings.